The second-order valence-electron chi connectivity index (χ2n) is 28.0. The van der Waals surface area contributed by atoms with Crippen molar-refractivity contribution >= 4 is 49.3 Å². The molecule has 0 spiro atoms. The van der Waals surface area contributed by atoms with Crippen LogP contribution < -0.4 is 10.6 Å². The molecule has 6 aromatic rings. The quantitative estimate of drug-likeness (QED) is 0.0791. The fraction of sp³-hybridized carbons (Fsp3) is 0.529. The molecule has 75 heavy (non-hydrogen) atoms. The van der Waals surface area contributed by atoms with E-state index in [9.17, 15) is 23.1 Å². The Morgan fingerprint density at radius 2 is 0.733 bits per heavy atom. The van der Waals surface area contributed by atoms with Gasteiger partial charge in [0.15, 0.2) is 0 Å². The van der Waals surface area contributed by atoms with Crippen LogP contribution in [0.2, 0.25) is 0 Å². The van der Waals surface area contributed by atoms with Crippen molar-refractivity contribution in [2.75, 3.05) is 0 Å². The maximum absolute atomic E-state index is 14.9. The summed E-state index contributed by atoms with van der Waals surface area (Å²) in [4.78, 5) is 42.0. The second kappa shape index (κ2) is 19.8. The van der Waals surface area contributed by atoms with Crippen LogP contribution in [-0.4, -0.2) is 23.1 Å². The molecule has 0 aliphatic heterocycles. The van der Waals surface area contributed by atoms with Crippen LogP contribution in [0.4, 0.5) is 0 Å². The molecule has 7 heteroatoms. The zero-order valence-electron chi connectivity index (χ0n) is 50.7. The summed E-state index contributed by atoms with van der Waals surface area (Å²) in [5.41, 5.74) is 4.94. The molecule has 5 nitrogen and oxygen atoms in total. The van der Waals surface area contributed by atoms with Gasteiger partial charge in [0, 0.05) is 0 Å². The van der Waals surface area contributed by atoms with Gasteiger partial charge in [0.1, 0.15) is 0 Å². The first kappa shape index (κ1) is 60.3. The van der Waals surface area contributed by atoms with E-state index in [0.717, 1.165) is 38.2 Å². The molecule has 0 aliphatic carbocycles. The monoisotopic (exact) mass is 1060 g/mol. The van der Waals surface area contributed by atoms with Gasteiger partial charge < -0.3 is 0 Å². The van der Waals surface area contributed by atoms with E-state index in [-0.39, 0.29) is 71.3 Å². The van der Waals surface area contributed by atoms with Gasteiger partial charge in [-0.3, -0.25) is 0 Å². The zero-order valence-corrected chi connectivity index (χ0v) is 52.4. The maximum atomic E-state index is 14.9. The van der Waals surface area contributed by atoms with Gasteiger partial charge in [-0.15, -0.1) is 0 Å². The van der Waals surface area contributed by atoms with Gasteiger partial charge in [-0.25, -0.2) is 0 Å². The van der Waals surface area contributed by atoms with Crippen molar-refractivity contribution < 1.29 is 23.1 Å². The van der Waals surface area contributed by atoms with Crippen LogP contribution in [0, 0.1) is 35.5 Å². The van der Waals surface area contributed by atoms with Crippen molar-refractivity contribution in [3.63, 3.8) is 0 Å². The van der Waals surface area contributed by atoms with E-state index in [2.05, 4.69) is 209 Å². The number of fused-ring (bicyclic) bond motifs is 2. The first-order valence-corrected chi connectivity index (χ1v) is 31.5. The molecule has 0 bridgehead atoms. The molecular formula is C68H97O5PS. The van der Waals surface area contributed by atoms with Crippen LogP contribution in [-0.2, 0) is 42.3 Å². The van der Waals surface area contributed by atoms with Crippen molar-refractivity contribution in [1.82, 2.24) is 0 Å². The summed E-state index contributed by atoms with van der Waals surface area (Å²) in [6.45, 7) is 53.7. The van der Waals surface area contributed by atoms with Crippen LogP contribution >= 0.6 is 7.28 Å². The van der Waals surface area contributed by atoms with Crippen LogP contribution in [0.1, 0.15) is 200 Å². The number of hydrogen-bond acceptors (Lipinski definition) is 5. The van der Waals surface area contributed by atoms with Gasteiger partial charge in [0.05, 0.1) is 0 Å². The topological polar surface area (TPSA) is 94.8 Å². The molecule has 3 N–H and O–H groups in total. The Morgan fingerprint density at radius 3 is 1.15 bits per heavy atom. The molecule has 6 rings (SSSR count). The van der Waals surface area contributed by atoms with E-state index in [1.54, 1.807) is 36.4 Å². The van der Waals surface area contributed by atoms with Gasteiger partial charge in [-0.2, -0.15) is 0 Å². The van der Waals surface area contributed by atoms with Gasteiger partial charge >= 0.3 is 458 Å². The molecule has 0 aliphatic rings. The minimum absolute atomic E-state index is 0.00705. The van der Waals surface area contributed by atoms with Crippen molar-refractivity contribution in [1.29, 1.82) is 0 Å². The Morgan fingerprint density at radius 1 is 0.360 bits per heavy atom. The van der Waals surface area contributed by atoms with E-state index in [4.69, 9.17) is 0 Å². The molecule has 0 unspecified atom stereocenters. The standard InChI is InChI=1S/C68H97O5PS/c1-41(2)63(13,14)49-32-47-34-57(65(17,18)43(5)6)55(39-53(47)58(36-49)66(19,20)44(7)8)56-38-52(75(72,73)51-28-26-25-27-29-51)30-31-61(56)74(69,70,71)62-40-54-48(35-60(62)68(23,24)46(11)12)33-50(64(15,16)42(3)4)37-59(54)67(21,22)45(9)10/h25-46,69-71H,1-24H3. The normalized spacial score (nSPS) is 14.7. The Kier molecular flexibility index (Phi) is 15.9. The molecule has 6 aromatic carbocycles. The fourth-order valence-electron chi connectivity index (χ4n) is 10.3. The number of rotatable bonds is 17. The Hall–Kier alpha value is -3.90. The van der Waals surface area contributed by atoms with E-state index >= 15 is 0 Å². The average molecular weight is 1060 g/mol. The third kappa shape index (κ3) is 10.4. The molecule has 0 aromatic heterocycles. The van der Waals surface area contributed by atoms with E-state index in [1.165, 1.54) is 23.3 Å². The molecule has 0 heterocycles. The summed E-state index contributed by atoms with van der Waals surface area (Å²) in [6, 6.07) is 30.7. The first-order valence-electron chi connectivity index (χ1n) is 28.0. The SMILES string of the molecule is CC(C)C(C)(C)c1cc(C(C)(C)C(C)C)c2cc(-c3cc(S(=O)(=O)c4ccccc4)ccc3P(O)(O)(O)c3cc4c(C(C)(C)C(C)C)cc(C(C)(C)C(C)C)cc4cc3C(C)(C)C(C)C)c(C(C)(C)C(C)C)cc2c1. The van der Waals surface area contributed by atoms with E-state index in [1.807, 2.05) is 6.07 Å². The third-order valence-corrected chi connectivity index (χ3v) is 24.9. The summed E-state index contributed by atoms with van der Waals surface area (Å²) >= 11 is 0. The molecular weight excluding hydrogens is 960 g/mol. The Labute approximate surface area is 455 Å². The Balaban J connectivity index is 1.93. The van der Waals surface area contributed by atoms with Crippen molar-refractivity contribution in [2.24, 2.45) is 35.5 Å². The Bertz CT molecular complexity index is 3230. The summed E-state index contributed by atoms with van der Waals surface area (Å²) in [6.07, 6.45) is 0. The second-order valence-corrected chi connectivity index (χ2v) is 32.9. The molecule has 0 atom stereocenters. The number of hydrogen-bond donors (Lipinski definition) is 3. The van der Waals surface area contributed by atoms with Gasteiger partial charge in [-0.1, -0.05) is 0 Å². The van der Waals surface area contributed by atoms with Gasteiger partial charge in [0.2, 0.25) is 0 Å². The molecule has 0 saturated heterocycles. The van der Waals surface area contributed by atoms with E-state index in [0.29, 0.717) is 23.0 Å². The number of sulfone groups is 1. The molecule has 0 amide bonds. The summed E-state index contributed by atoms with van der Waals surface area (Å²) in [5.74, 6) is 1.23. The summed E-state index contributed by atoms with van der Waals surface area (Å²) < 4.78 is 29.9. The summed E-state index contributed by atoms with van der Waals surface area (Å²) in [7, 11) is -10.5. The van der Waals surface area contributed by atoms with Crippen LogP contribution in [0.5, 0.6) is 0 Å². The predicted molar refractivity (Wildman–Crippen MR) is 325 cm³/mol. The van der Waals surface area contributed by atoms with Gasteiger partial charge in [-0.05, 0) is 0 Å². The molecule has 0 saturated carbocycles. The summed E-state index contributed by atoms with van der Waals surface area (Å²) in [5, 5.41) is 3.86. The molecule has 0 radical (unpaired) electrons. The van der Waals surface area contributed by atoms with Gasteiger partial charge in [0.25, 0.3) is 0 Å². The van der Waals surface area contributed by atoms with Crippen molar-refractivity contribution in [3.05, 3.63) is 130 Å². The van der Waals surface area contributed by atoms with Crippen molar-refractivity contribution in [3.8, 4) is 11.1 Å². The third-order valence-electron chi connectivity index (χ3n) is 20.6. The van der Waals surface area contributed by atoms with Crippen molar-refractivity contribution in [2.45, 2.75) is 208 Å². The first-order chi connectivity index (χ1) is 34.0. The average Bonchev–Trinajstić information content (AvgIpc) is 3.31. The zero-order chi connectivity index (χ0) is 57.0. The number of benzene rings is 6. The van der Waals surface area contributed by atoms with Crippen LogP contribution in [0.3, 0.4) is 0 Å². The van der Waals surface area contributed by atoms with Crippen LogP contribution in [0.15, 0.2) is 107 Å². The molecule has 0 fully saturated rings. The molecule has 410 valence electrons. The van der Waals surface area contributed by atoms with Crippen LogP contribution in [0.25, 0.3) is 32.7 Å². The fourth-order valence-corrected chi connectivity index (χ4v) is 14.0. The van der Waals surface area contributed by atoms with E-state index < -0.39 is 28.0 Å². The predicted octanol–water partition coefficient (Wildman–Crippen LogP) is 17.3. The minimum atomic E-state index is -6.36.